The molecule has 1 saturated carbocycles. The molecule has 0 saturated heterocycles. The van der Waals surface area contributed by atoms with Crippen LogP contribution in [0.1, 0.15) is 63.0 Å². The average molecular weight is 343 g/mol. The van der Waals surface area contributed by atoms with E-state index in [0.29, 0.717) is 18.3 Å². The Morgan fingerprint density at radius 3 is 2.96 bits per heavy atom. The Morgan fingerprint density at radius 1 is 1.36 bits per heavy atom. The van der Waals surface area contributed by atoms with E-state index in [-0.39, 0.29) is 17.9 Å². The minimum absolute atomic E-state index is 0.0224. The molecule has 3 rings (SSSR count). The first-order valence-electron chi connectivity index (χ1n) is 9.49. The molecule has 4 heteroatoms. The largest absolute Gasteiger partial charge is 0.508 e. The Bertz CT molecular complexity index is 653. The van der Waals surface area contributed by atoms with Crippen molar-refractivity contribution in [1.82, 2.24) is 5.32 Å². The number of ether oxygens (including phenoxy) is 1. The molecule has 1 amide bonds. The second-order valence-corrected chi connectivity index (χ2v) is 7.38. The standard InChI is InChI=1S/C21H29NO3/c1-3-4-5-6-7-15-10-19(24)21-18-12-17(22-14(2)23)9-8-16(18)13-25-20(21)11-15/h5-6,10-11,16-18,24H,3-4,7-9,12-13H2,1-2H3,(H,22,23)/b6-5-. The lowest BCUT2D eigenvalue weighted by atomic mass is 9.72. The van der Waals surface area contributed by atoms with E-state index in [9.17, 15) is 9.90 Å². The molecule has 3 atom stereocenters. The quantitative estimate of drug-likeness (QED) is 0.792. The summed E-state index contributed by atoms with van der Waals surface area (Å²) in [7, 11) is 0. The Balaban J connectivity index is 1.79. The van der Waals surface area contributed by atoms with E-state index in [4.69, 9.17) is 4.74 Å². The first-order chi connectivity index (χ1) is 12.1. The Kier molecular flexibility index (Phi) is 5.67. The van der Waals surface area contributed by atoms with Crippen LogP contribution < -0.4 is 10.1 Å². The van der Waals surface area contributed by atoms with Gasteiger partial charge in [-0.2, -0.15) is 0 Å². The second-order valence-electron chi connectivity index (χ2n) is 7.38. The molecule has 0 aromatic heterocycles. The van der Waals surface area contributed by atoms with Crippen molar-refractivity contribution in [2.75, 3.05) is 6.61 Å². The molecule has 0 bridgehead atoms. The van der Waals surface area contributed by atoms with Crippen LogP contribution in [0.4, 0.5) is 0 Å². The normalized spacial score (nSPS) is 25.1. The van der Waals surface area contributed by atoms with Crippen LogP contribution in [0.5, 0.6) is 11.5 Å². The molecular weight excluding hydrogens is 314 g/mol. The van der Waals surface area contributed by atoms with Crippen molar-refractivity contribution in [2.24, 2.45) is 5.92 Å². The molecule has 0 radical (unpaired) electrons. The number of amides is 1. The number of phenols is 1. The summed E-state index contributed by atoms with van der Waals surface area (Å²) in [6.07, 6.45) is 10.3. The molecule has 2 N–H and O–H groups in total. The lowest BCUT2D eigenvalue weighted by Gasteiger charge is -2.40. The summed E-state index contributed by atoms with van der Waals surface area (Å²) in [5, 5.41) is 13.7. The molecular formula is C21H29NO3. The van der Waals surface area contributed by atoms with Gasteiger partial charge in [0.15, 0.2) is 0 Å². The molecule has 25 heavy (non-hydrogen) atoms. The van der Waals surface area contributed by atoms with Crippen LogP contribution in [0.15, 0.2) is 24.3 Å². The highest BCUT2D eigenvalue weighted by molar-refractivity contribution is 5.73. The number of hydrogen-bond acceptors (Lipinski definition) is 3. The highest BCUT2D eigenvalue weighted by Gasteiger charge is 2.38. The van der Waals surface area contributed by atoms with Crippen LogP contribution in [-0.2, 0) is 11.2 Å². The van der Waals surface area contributed by atoms with Crippen LogP contribution in [0, 0.1) is 5.92 Å². The van der Waals surface area contributed by atoms with Gasteiger partial charge in [-0.05, 0) is 55.7 Å². The Hall–Kier alpha value is -1.97. The molecule has 1 heterocycles. The van der Waals surface area contributed by atoms with Gasteiger partial charge in [-0.25, -0.2) is 0 Å². The molecule has 2 aliphatic rings. The monoisotopic (exact) mass is 343 g/mol. The third-order valence-electron chi connectivity index (χ3n) is 5.38. The van der Waals surface area contributed by atoms with Gasteiger partial charge in [-0.15, -0.1) is 0 Å². The van der Waals surface area contributed by atoms with Crippen molar-refractivity contribution in [3.05, 3.63) is 35.4 Å². The maximum Gasteiger partial charge on any atom is 0.217 e. The minimum atomic E-state index is 0.0224. The van der Waals surface area contributed by atoms with Crippen LogP contribution in [0.3, 0.4) is 0 Å². The van der Waals surface area contributed by atoms with Gasteiger partial charge in [0.1, 0.15) is 11.5 Å². The van der Waals surface area contributed by atoms with Gasteiger partial charge in [-0.1, -0.05) is 25.5 Å². The number of carbonyl (C=O) groups excluding carboxylic acids is 1. The van der Waals surface area contributed by atoms with Crippen molar-refractivity contribution in [3.8, 4) is 11.5 Å². The summed E-state index contributed by atoms with van der Waals surface area (Å²) in [5.74, 6) is 1.88. The molecule has 3 unspecified atom stereocenters. The molecule has 0 spiro atoms. The number of unbranched alkanes of at least 4 members (excludes halogenated alkanes) is 1. The minimum Gasteiger partial charge on any atom is -0.508 e. The maximum absolute atomic E-state index is 11.4. The first kappa shape index (κ1) is 17.8. The van der Waals surface area contributed by atoms with Crippen molar-refractivity contribution < 1.29 is 14.6 Å². The average Bonchev–Trinajstić information content (AvgIpc) is 2.57. The number of hydrogen-bond donors (Lipinski definition) is 2. The second kappa shape index (κ2) is 7.94. The van der Waals surface area contributed by atoms with Crippen LogP contribution in [0.2, 0.25) is 0 Å². The summed E-state index contributed by atoms with van der Waals surface area (Å²) in [4.78, 5) is 11.4. The summed E-state index contributed by atoms with van der Waals surface area (Å²) in [6.45, 7) is 4.44. The predicted octanol–water partition coefficient (Wildman–Crippen LogP) is 4.07. The molecule has 1 fully saturated rings. The van der Waals surface area contributed by atoms with Gasteiger partial charge in [0.25, 0.3) is 0 Å². The number of rotatable bonds is 5. The number of benzene rings is 1. The van der Waals surface area contributed by atoms with E-state index in [1.54, 1.807) is 6.92 Å². The molecule has 1 aliphatic heterocycles. The van der Waals surface area contributed by atoms with Crippen molar-refractivity contribution in [3.63, 3.8) is 0 Å². The number of carbonyl (C=O) groups is 1. The number of phenolic OH excluding ortho intramolecular Hbond substituents is 1. The summed E-state index contributed by atoms with van der Waals surface area (Å²) in [6, 6.07) is 4.15. The van der Waals surface area contributed by atoms with E-state index in [0.717, 1.165) is 55.4 Å². The van der Waals surface area contributed by atoms with Crippen LogP contribution in [0.25, 0.3) is 0 Å². The van der Waals surface area contributed by atoms with E-state index in [1.807, 2.05) is 6.07 Å². The maximum atomic E-state index is 11.4. The molecule has 136 valence electrons. The fourth-order valence-electron chi connectivity index (χ4n) is 4.18. The highest BCUT2D eigenvalue weighted by atomic mass is 16.5. The van der Waals surface area contributed by atoms with Gasteiger partial charge >= 0.3 is 0 Å². The fourth-order valence-corrected chi connectivity index (χ4v) is 4.18. The first-order valence-corrected chi connectivity index (χ1v) is 9.49. The zero-order valence-corrected chi connectivity index (χ0v) is 15.3. The Morgan fingerprint density at radius 2 is 2.20 bits per heavy atom. The van der Waals surface area contributed by atoms with Crippen molar-refractivity contribution >= 4 is 5.91 Å². The summed E-state index contributed by atoms with van der Waals surface area (Å²) >= 11 is 0. The van der Waals surface area contributed by atoms with E-state index < -0.39 is 0 Å². The zero-order valence-electron chi connectivity index (χ0n) is 15.3. The fraction of sp³-hybridized carbons (Fsp3) is 0.571. The lowest BCUT2D eigenvalue weighted by molar-refractivity contribution is -0.120. The zero-order chi connectivity index (χ0) is 17.8. The Labute approximate surface area is 150 Å². The van der Waals surface area contributed by atoms with E-state index >= 15 is 0 Å². The lowest BCUT2D eigenvalue weighted by Crippen LogP contribution is -2.41. The molecule has 1 aliphatic carbocycles. The van der Waals surface area contributed by atoms with Gasteiger partial charge in [0.2, 0.25) is 5.91 Å². The van der Waals surface area contributed by atoms with Crippen molar-refractivity contribution in [1.29, 1.82) is 0 Å². The number of aromatic hydroxyl groups is 1. The number of allylic oxidation sites excluding steroid dienone is 2. The van der Waals surface area contributed by atoms with Gasteiger partial charge in [0.05, 0.1) is 6.61 Å². The third kappa shape index (κ3) is 4.17. The third-order valence-corrected chi connectivity index (χ3v) is 5.38. The summed E-state index contributed by atoms with van der Waals surface area (Å²) < 4.78 is 5.99. The van der Waals surface area contributed by atoms with Crippen molar-refractivity contribution in [2.45, 2.75) is 64.3 Å². The number of fused-ring (bicyclic) bond motifs is 3. The summed E-state index contributed by atoms with van der Waals surface area (Å²) in [5.41, 5.74) is 2.02. The topological polar surface area (TPSA) is 58.6 Å². The predicted molar refractivity (Wildman–Crippen MR) is 99.0 cm³/mol. The molecule has 1 aromatic carbocycles. The van der Waals surface area contributed by atoms with Gasteiger partial charge in [0, 0.05) is 24.4 Å². The van der Waals surface area contributed by atoms with Gasteiger partial charge in [-0.3, -0.25) is 4.79 Å². The van der Waals surface area contributed by atoms with E-state index in [2.05, 4.69) is 30.5 Å². The van der Waals surface area contributed by atoms with Crippen LogP contribution >= 0.6 is 0 Å². The van der Waals surface area contributed by atoms with E-state index in [1.165, 1.54) is 0 Å². The van der Waals surface area contributed by atoms with Crippen LogP contribution in [-0.4, -0.2) is 23.7 Å². The SMILES string of the molecule is CCC/C=C\Cc1cc(O)c2c(c1)OCC1CCC(NC(C)=O)CC21. The highest BCUT2D eigenvalue weighted by Crippen LogP contribution is 2.49. The smallest absolute Gasteiger partial charge is 0.217 e. The number of nitrogens with one attached hydrogen (secondary N) is 1. The molecule has 1 aromatic rings. The molecule has 4 nitrogen and oxygen atoms in total. The van der Waals surface area contributed by atoms with Gasteiger partial charge < -0.3 is 15.2 Å².